The van der Waals surface area contributed by atoms with Gasteiger partial charge in [-0.3, -0.25) is 0 Å². The average molecular weight is 327 g/mol. The van der Waals surface area contributed by atoms with Gasteiger partial charge in [-0.1, -0.05) is 38.4 Å². The number of benzene rings is 1. The normalized spacial score (nSPS) is 14.7. The van der Waals surface area contributed by atoms with Crippen LogP contribution in [-0.2, 0) is 5.54 Å². The standard InChI is InChI=1S/C17H24Cl2N2/c1-11(18)15-20-13-9-7-8-12(19)14(13)21(15)17(5,6)10-16(2,3)4/h7-9,11H,10H2,1-6H3. The molecule has 0 aliphatic rings. The molecule has 21 heavy (non-hydrogen) atoms. The van der Waals surface area contributed by atoms with E-state index in [1.54, 1.807) is 0 Å². The molecule has 0 amide bonds. The Bertz CT molecular complexity index is 649. The second-order valence-electron chi connectivity index (χ2n) is 7.58. The van der Waals surface area contributed by atoms with E-state index in [0.29, 0.717) is 0 Å². The Morgan fingerprint density at radius 3 is 2.33 bits per heavy atom. The van der Waals surface area contributed by atoms with Crippen molar-refractivity contribution in [3.63, 3.8) is 0 Å². The van der Waals surface area contributed by atoms with Crippen LogP contribution in [0.5, 0.6) is 0 Å². The summed E-state index contributed by atoms with van der Waals surface area (Å²) < 4.78 is 2.23. The average Bonchev–Trinajstić information content (AvgIpc) is 2.67. The summed E-state index contributed by atoms with van der Waals surface area (Å²) in [6, 6.07) is 5.84. The maximum absolute atomic E-state index is 6.45. The number of nitrogens with zero attached hydrogens (tertiary/aromatic N) is 2. The highest BCUT2D eigenvalue weighted by atomic mass is 35.5. The smallest absolute Gasteiger partial charge is 0.128 e. The van der Waals surface area contributed by atoms with E-state index in [0.717, 1.165) is 28.3 Å². The summed E-state index contributed by atoms with van der Waals surface area (Å²) >= 11 is 12.8. The van der Waals surface area contributed by atoms with E-state index in [1.807, 2.05) is 25.1 Å². The van der Waals surface area contributed by atoms with Gasteiger partial charge >= 0.3 is 0 Å². The molecule has 116 valence electrons. The van der Waals surface area contributed by atoms with Crippen molar-refractivity contribution < 1.29 is 0 Å². The van der Waals surface area contributed by atoms with Crippen LogP contribution in [0.2, 0.25) is 5.02 Å². The van der Waals surface area contributed by atoms with Gasteiger partial charge in [0.25, 0.3) is 0 Å². The Kier molecular flexibility index (Phi) is 4.34. The Labute approximate surface area is 137 Å². The van der Waals surface area contributed by atoms with Crippen molar-refractivity contribution in [1.29, 1.82) is 0 Å². The summed E-state index contributed by atoms with van der Waals surface area (Å²) in [5.41, 5.74) is 1.98. The maximum atomic E-state index is 6.45. The molecule has 0 aliphatic carbocycles. The minimum absolute atomic E-state index is 0.115. The number of alkyl halides is 1. The predicted molar refractivity (Wildman–Crippen MR) is 92.4 cm³/mol. The van der Waals surface area contributed by atoms with Gasteiger partial charge in [0.1, 0.15) is 5.82 Å². The van der Waals surface area contributed by atoms with Gasteiger partial charge in [-0.25, -0.2) is 4.98 Å². The number of hydrogen-bond donors (Lipinski definition) is 0. The maximum Gasteiger partial charge on any atom is 0.128 e. The van der Waals surface area contributed by atoms with Crippen molar-refractivity contribution in [3.05, 3.63) is 29.0 Å². The number of rotatable bonds is 3. The van der Waals surface area contributed by atoms with E-state index >= 15 is 0 Å². The van der Waals surface area contributed by atoms with Crippen LogP contribution in [0.4, 0.5) is 0 Å². The minimum atomic E-state index is -0.160. The van der Waals surface area contributed by atoms with Gasteiger partial charge in [0.2, 0.25) is 0 Å². The van der Waals surface area contributed by atoms with Gasteiger partial charge < -0.3 is 4.57 Å². The van der Waals surface area contributed by atoms with Gasteiger partial charge in [0.15, 0.2) is 0 Å². The molecule has 1 heterocycles. The largest absolute Gasteiger partial charge is 0.320 e. The molecule has 0 radical (unpaired) electrons. The van der Waals surface area contributed by atoms with Crippen molar-refractivity contribution in [3.8, 4) is 0 Å². The molecule has 2 rings (SSSR count). The second kappa shape index (κ2) is 5.48. The van der Waals surface area contributed by atoms with E-state index in [2.05, 4.69) is 39.2 Å². The first-order chi connectivity index (χ1) is 9.53. The van der Waals surface area contributed by atoms with Crippen LogP contribution in [0.1, 0.15) is 59.2 Å². The molecule has 2 aromatic rings. The van der Waals surface area contributed by atoms with Gasteiger partial charge in [-0.15, -0.1) is 11.6 Å². The molecule has 1 unspecified atom stereocenters. The van der Waals surface area contributed by atoms with E-state index in [-0.39, 0.29) is 16.3 Å². The molecule has 0 spiro atoms. The number of para-hydroxylation sites is 1. The monoisotopic (exact) mass is 326 g/mol. The first-order valence-electron chi connectivity index (χ1n) is 7.34. The number of imidazole rings is 1. The molecule has 1 atom stereocenters. The number of fused-ring (bicyclic) bond motifs is 1. The Morgan fingerprint density at radius 2 is 1.81 bits per heavy atom. The molecule has 1 aromatic carbocycles. The van der Waals surface area contributed by atoms with Crippen LogP contribution in [0.25, 0.3) is 11.0 Å². The summed E-state index contributed by atoms with van der Waals surface area (Å²) in [6.07, 6.45) is 1.01. The Balaban J connectivity index is 2.73. The fourth-order valence-electron chi connectivity index (χ4n) is 3.36. The summed E-state index contributed by atoms with van der Waals surface area (Å²) in [5, 5.41) is 0.568. The van der Waals surface area contributed by atoms with Crippen LogP contribution in [0.3, 0.4) is 0 Å². The van der Waals surface area contributed by atoms with Crippen LogP contribution in [0.15, 0.2) is 18.2 Å². The summed E-state index contributed by atoms with van der Waals surface area (Å²) in [6.45, 7) is 13.2. The highest BCUT2D eigenvalue weighted by molar-refractivity contribution is 6.35. The summed E-state index contributed by atoms with van der Waals surface area (Å²) in [7, 11) is 0. The van der Waals surface area contributed by atoms with Crippen molar-refractivity contribution in [1.82, 2.24) is 9.55 Å². The Morgan fingerprint density at radius 1 is 1.19 bits per heavy atom. The van der Waals surface area contributed by atoms with Gasteiger partial charge in [0, 0.05) is 5.54 Å². The molecule has 4 heteroatoms. The van der Waals surface area contributed by atoms with Crippen molar-refractivity contribution in [2.45, 2.75) is 58.9 Å². The molecular weight excluding hydrogens is 303 g/mol. The predicted octanol–water partition coefficient (Wildman–Crippen LogP) is 6.16. The lowest BCUT2D eigenvalue weighted by molar-refractivity contribution is 0.215. The quantitative estimate of drug-likeness (QED) is 0.617. The number of hydrogen-bond acceptors (Lipinski definition) is 1. The van der Waals surface area contributed by atoms with Gasteiger partial charge in [0.05, 0.1) is 21.4 Å². The number of aromatic nitrogens is 2. The third kappa shape index (κ3) is 3.37. The number of halogens is 2. The SMILES string of the molecule is CC(Cl)c1nc2cccc(Cl)c2n1C(C)(C)CC(C)(C)C. The zero-order valence-electron chi connectivity index (χ0n) is 13.7. The van der Waals surface area contributed by atoms with Crippen LogP contribution in [0, 0.1) is 5.41 Å². The molecule has 2 nitrogen and oxygen atoms in total. The van der Waals surface area contributed by atoms with E-state index in [4.69, 9.17) is 28.2 Å². The summed E-state index contributed by atoms with van der Waals surface area (Å²) in [5.74, 6) is 0.883. The van der Waals surface area contributed by atoms with Crippen molar-refractivity contribution >= 4 is 34.2 Å². The topological polar surface area (TPSA) is 17.8 Å². The zero-order valence-corrected chi connectivity index (χ0v) is 15.2. The lowest BCUT2D eigenvalue weighted by Crippen LogP contribution is -2.33. The molecular formula is C17H24Cl2N2. The first kappa shape index (κ1) is 16.6. The van der Waals surface area contributed by atoms with Crippen LogP contribution in [-0.4, -0.2) is 9.55 Å². The van der Waals surface area contributed by atoms with Crippen LogP contribution < -0.4 is 0 Å². The summed E-state index contributed by atoms with van der Waals surface area (Å²) in [4.78, 5) is 4.72. The van der Waals surface area contributed by atoms with E-state index < -0.39 is 0 Å². The van der Waals surface area contributed by atoms with Crippen molar-refractivity contribution in [2.24, 2.45) is 5.41 Å². The highest BCUT2D eigenvalue weighted by Gasteiger charge is 2.32. The zero-order chi connectivity index (χ0) is 16.0. The van der Waals surface area contributed by atoms with Gasteiger partial charge in [-0.05, 0) is 44.7 Å². The third-order valence-electron chi connectivity index (χ3n) is 3.58. The molecule has 0 N–H and O–H groups in total. The van der Waals surface area contributed by atoms with E-state index in [1.165, 1.54) is 0 Å². The molecule has 1 aromatic heterocycles. The second-order valence-corrected chi connectivity index (χ2v) is 8.64. The minimum Gasteiger partial charge on any atom is -0.320 e. The molecule has 0 aliphatic heterocycles. The molecule has 0 bridgehead atoms. The van der Waals surface area contributed by atoms with Gasteiger partial charge in [-0.2, -0.15) is 0 Å². The fraction of sp³-hybridized carbons (Fsp3) is 0.588. The van der Waals surface area contributed by atoms with Crippen molar-refractivity contribution in [2.75, 3.05) is 0 Å². The molecule has 0 fully saturated rings. The third-order valence-corrected chi connectivity index (χ3v) is 4.08. The van der Waals surface area contributed by atoms with Crippen LogP contribution >= 0.6 is 23.2 Å². The Hall–Kier alpha value is -0.730. The lowest BCUT2D eigenvalue weighted by Gasteiger charge is -2.36. The fourth-order valence-corrected chi connectivity index (χ4v) is 3.76. The first-order valence-corrected chi connectivity index (χ1v) is 8.16. The van der Waals surface area contributed by atoms with E-state index in [9.17, 15) is 0 Å². The lowest BCUT2D eigenvalue weighted by atomic mass is 9.81. The molecule has 0 saturated carbocycles. The molecule has 0 saturated heterocycles. The highest BCUT2D eigenvalue weighted by Crippen LogP contribution is 2.39.